The van der Waals surface area contributed by atoms with Gasteiger partial charge in [-0.1, -0.05) is 17.7 Å². The number of hydrogen-bond acceptors (Lipinski definition) is 2. The molecule has 3 heteroatoms. The Labute approximate surface area is 104 Å². The molecule has 0 unspecified atom stereocenters. The van der Waals surface area contributed by atoms with Crippen molar-refractivity contribution in [2.75, 3.05) is 5.32 Å². The molecule has 0 radical (unpaired) electrons. The van der Waals surface area contributed by atoms with Crippen molar-refractivity contribution >= 4 is 27.4 Å². The number of anilines is 2. The van der Waals surface area contributed by atoms with Crippen molar-refractivity contribution in [3.63, 3.8) is 0 Å². The van der Waals surface area contributed by atoms with Crippen molar-refractivity contribution in [2.24, 2.45) is 0 Å². The van der Waals surface area contributed by atoms with Crippen molar-refractivity contribution in [1.29, 1.82) is 0 Å². The number of nitrogens with zero attached hydrogens (tertiary/aromatic N) is 1. The first-order chi connectivity index (χ1) is 7.65. The Bertz CT molecular complexity index is 492. The van der Waals surface area contributed by atoms with Crippen LogP contribution in [0, 0.1) is 13.8 Å². The normalized spacial score (nSPS) is 10.2. The predicted octanol–water partition coefficient (Wildman–Crippen LogP) is 4.20. The lowest BCUT2D eigenvalue weighted by Gasteiger charge is -2.07. The number of nitrogens with one attached hydrogen (secondary N) is 1. The van der Waals surface area contributed by atoms with Crippen LogP contribution in [0.3, 0.4) is 0 Å². The molecule has 0 bridgehead atoms. The van der Waals surface area contributed by atoms with Crippen LogP contribution in [-0.4, -0.2) is 4.98 Å². The number of hydrogen-bond donors (Lipinski definition) is 1. The van der Waals surface area contributed by atoms with Gasteiger partial charge < -0.3 is 5.32 Å². The molecule has 1 aromatic carbocycles. The topological polar surface area (TPSA) is 24.9 Å². The molecule has 0 saturated heterocycles. The van der Waals surface area contributed by atoms with Crippen molar-refractivity contribution in [2.45, 2.75) is 13.8 Å². The molecule has 0 atom stereocenters. The van der Waals surface area contributed by atoms with Crippen molar-refractivity contribution in [3.05, 3.63) is 52.1 Å². The van der Waals surface area contributed by atoms with Gasteiger partial charge in [-0.2, -0.15) is 0 Å². The Balaban J connectivity index is 2.20. The van der Waals surface area contributed by atoms with Gasteiger partial charge in [0.1, 0.15) is 5.82 Å². The van der Waals surface area contributed by atoms with E-state index in [1.54, 1.807) is 0 Å². The van der Waals surface area contributed by atoms with Gasteiger partial charge in [0.05, 0.1) is 0 Å². The molecule has 1 heterocycles. The standard InChI is InChI=1S/C13H13BrN2/c1-9-3-5-11(6-4-9)16-13-7-10(2)12(14)8-15-13/h3-8H,1-2H3,(H,15,16). The van der Waals surface area contributed by atoms with Crippen LogP contribution in [-0.2, 0) is 0 Å². The van der Waals surface area contributed by atoms with Crippen LogP contribution < -0.4 is 5.32 Å². The zero-order chi connectivity index (χ0) is 11.5. The lowest BCUT2D eigenvalue weighted by atomic mass is 10.2. The molecule has 0 aliphatic rings. The third-order valence-corrected chi connectivity index (χ3v) is 3.20. The third kappa shape index (κ3) is 2.61. The second kappa shape index (κ2) is 4.66. The van der Waals surface area contributed by atoms with E-state index in [1.165, 1.54) is 11.1 Å². The number of aromatic nitrogens is 1. The molecule has 2 rings (SSSR count). The molecule has 2 aromatic rings. The number of halogens is 1. The lowest BCUT2D eigenvalue weighted by Crippen LogP contribution is -1.94. The molecule has 0 aliphatic carbocycles. The summed E-state index contributed by atoms with van der Waals surface area (Å²) in [6.07, 6.45) is 1.81. The summed E-state index contributed by atoms with van der Waals surface area (Å²) in [6.45, 7) is 4.12. The maximum Gasteiger partial charge on any atom is 0.130 e. The van der Waals surface area contributed by atoms with Crippen LogP contribution in [0.1, 0.15) is 11.1 Å². The quantitative estimate of drug-likeness (QED) is 0.889. The van der Waals surface area contributed by atoms with Gasteiger partial charge in [0.15, 0.2) is 0 Å². The molecule has 0 spiro atoms. The van der Waals surface area contributed by atoms with Crippen LogP contribution in [0.15, 0.2) is 41.0 Å². The summed E-state index contributed by atoms with van der Waals surface area (Å²) in [6, 6.07) is 10.3. The average molecular weight is 277 g/mol. The molecule has 82 valence electrons. The van der Waals surface area contributed by atoms with Gasteiger partial charge in [-0.15, -0.1) is 0 Å². The monoisotopic (exact) mass is 276 g/mol. The first kappa shape index (κ1) is 11.1. The van der Waals surface area contributed by atoms with Crippen LogP contribution >= 0.6 is 15.9 Å². The van der Waals surface area contributed by atoms with Crippen molar-refractivity contribution in [3.8, 4) is 0 Å². The molecule has 0 fully saturated rings. The second-order valence-electron chi connectivity index (χ2n) is 3.81. The minimum atomic E-state index is 0.865. The third-order valence-electron chi connectivity index (χ3n) is 2.37. The van der Waals surface area contributed by atoms with Gasteiger partial charge in [-0.3, -0.25) is 0 Å². The van der Waals surface area contributed by atoms with Gasteiger partial charge >= 0.3 is 0 Å². The first-order valence-electron chi connectivity index (χ1n) is 5.11. The van der Waals surface area contributed by atoms with E-state index in [0.717, 1.165) is 16.0 Å². The summed E-state index contributed by atoms with van der Waals surface area (Å²) in [4.78, 5) is 4.30. The predicted molar refractivity (Wildman–Crippen MR) is 71.1 cm³/mol. The molecule has 2 nitrogen and oxygen atoms in total. The van der Waals surface area contributed by atoms with E-state index in [-0.39, 0.29) is 0 Å². The molecular formula is C13H13BrN2. The second-order valence-corrected chi connectivity index (χ2v) is 4.66. The fourth-order valence-corrected chi connectivity index (χ4v) is 1.61. The summed E-state index contributed by atoms with van der Waals surface area (Å²) in [7, 11) is 0. The van der Waals surface area contributed by atoms with Gasteiger partial charge in [-0.25, -0.2) is 4.98 Å². The maximum absolute atomic E-state index is 4.30. The van der Waals surface area contributed by atoms with E-state index >= 15 is 0 Å². The van der Waals surface area contributed by atoms with E-state index in [4.69, 9.17) is 0 Å². The average Bonchev–Trinajstić information content (AvgIpc) is 2.27. The summed E-state index contributed by atoms with van der Waals surface area (Å²) in [5.74, 6) is 0.865. The Hall–Kier alpha value is -1.35. The Morgan fingerprint density at radius 2 is 1.81 bits per heavy atom. The molecular weight excluding hydrogens is 264 g/mol. The van der Waals surface area contributed by atoms with Crippen LogP contribution in [0.25, 0.3) is 0 Å². The molecule has 1 N–H and O–H groups in total. The number of benzene rings is 1. The fourth-order valence-electron chi connectivity index (χ4n) is 1.39. The minimum Gasteiger partial charge on any atom is -0.340 e. The van der Waals surface area contributed by atoms with E-state index in [2.05, 4.69) is 45.3 Å². The molecule has 0 amide bonds. The summed E-state index contributed by atoms with van der Waals surface area (Å²) in [5, 5.41) is 3.27. The largest absolute Gasteiger partial charge is 0.340 e. The summed E-state index contributed by atoms with van der Waals surface area (Å²) < 4.78 is 1.03. The van der Waals surface area contributed by atoms with Crippen molar-refractivity contribution in [1.82, 2.24) is 4.98 Å². The SMILES string of the molecule is Cc1ccc(Nc2cc(C)c(Br)cn2)cc1. The zero-order valence-corrected chi connectivity index (χ0v) is 10.9. The number of aryl methyl sites for hydroxylation is 2. The maximum atomic E-state index is 4.30. The summed E-state index contributed by atoms with van der Waals surface area (Å²) in [5.41, 5.74) is 3.48. The Morgan fingerprint density at radius 3 is 2.44 bits per heavy atom. The highest BCUT2D eigenvalue weighted by atomic mass is 79.9. The molecule has 16 heavy (non-hydrogen) atoms. The summed E-state index contributed by atoms with van der Waals surface area (Å²) >= 11 is 3.43. The van der Waals surface area contributed by atoms with Gasteiger partial charge in [-0.05, 0) is 53.5 Å². The van der Waals surface area contributed by atoms with E-state index in [1.807, 2.05) is 31.3 Å². The van der Waals surface area contributed by atoms with Crippen LogP contribution in [0.4, 0.5) is 11.5 Å². The highest BCUT2D eigenvalue weighted by molar-refractivity contribution is 9.10. The van der Waals surface area contributed by atoms with E-state index in [0.29, 0.717) is 0 Å². The van der Waals surface area contributed by atoms with Crippen LogP contribution in [0.5, 0.6) is 0 Å². The molecule has 0 aliphatic heterocycles. The lowest BCUT2D eigenvalue weighted by molar-refractivity contribution is 1.25. The number of pyridine rings is 1. The smallest absolute Gasteiger partial charge is 0.130 e. The van der Waals surface area contributed by atoms with E-state index in [9.17, 15) is 0 Å². The van der Waals surface area contributed by atoms with Gasteiger partial charge in [0.2, 0.25) is 0 Å². The highest BCUT2D eigenvalue weighted by Crippen LogP contribution is 2.20. The molecule has 0 saturated carbocycles. The molecule has 1 aromatic heterocycles. The Kier molecular flexibility index (Phi) is 3.25. The van der Waals surface area contributed by atoms with Crippen LogP contribution in [0.2, 0.25) is 0 Å². The highest BCUT2D eigenvalue weighted by Gasteiger charge is 1.99. The first-order valence-corrected chi connectivity index (χ1v) is 5.90. The minimum absolute atomic E-state index is 0.865. The fraction of sp³-hybridized carbons (Fsp3) is 0.154. The van der Waals surface area contributed by atoms with Gasteiger partial charge in [0.25, 0.3) is 0 Å². The van der Waals surface area contributed by atoms with E-state index < -0.39 is 0 Å². The number of rotatable bonds is 2. The van der Waals surface area contributed by atoms with Gasteiger partial charge in [0, 0.05) is 16.4 Å². The Morgan fingerprint density at radius 1 is 1.12 bits per heavy atom. The van der Waals surface area contributed by atoms with Crippen molar-refractivity contribution < 1.29 is 0 Å². The zero-order valence-electron chi connectivity index (χ0n) is 9.29.